The summed E-state index contributed by atoms with van der Waals surface area (Å²) in [4.78, 5) is 35.0. The number of nitrogens with zero attached hydrogens (tertiary/aromatic N) is 7. The van der Waals surface area contributed by atoms with Gasteiger partial charge in [0.05, 0.1) is 28.5 Å². The van der Waals surface area contributed by atoms with Crippen molar-refractivity contribution in [1.82, 2.24) is 35.0 Å². The third-order valence-corrected chi connectivity index (χ3v) is 7.60. The van der Waals surface area contributed by atoms with Crippen molar-refractivity contribution in [3.05, 3.63) is 47.5 Å². The van der Waals surface area contributed by atoms with E-state index in [0.717, 1.165) is 28.3 Å². The Morgan fingerprint density at radius 3 is 2.91 bits per heavy atom. The molecule has 1 amide bonds. The van der Waals surface area contributed by atoms with Gasteiger partial charge in [-0.2, -0.15) is 10.1 Å². The number of likely N-dealkylation sites (tertiary alicyclic amines) is 1. The van der Waals surface area contributed by atoms with Gasteiger partial charge in [-0.15, -0.1) is 11.3 Å². The highest BCUT2D eigenvalue weighted by molar-refractivity contribution is 7.17. The summed E-state index contributed by atoms with van der Waals surface area (Å²) in [7, 11) is 0. The molecule has 3 fully saturated rings. The molecule has 7 rings (SSSR count). The van der Waals surface area contributed by atoms with Gasteiger partial charge >= 0.3 is 0 Å². The quantitative estimate of drug-likeness (QED) is 0.468. The molecule has 3 aliphatic rings. The van der Waals surface area contributed by atoms with Gasteiger partial charge in [-0.25, -0.2) is 9.97 Å². The number of hydrogen-bond acceptors (Lipinski definition) is 9. The average Bonchev–Trinajstić information content (AvgIpc) is 3.22. The number of H-pyrrole nitrogens is 1. The number of aromatic nitrogens is 6. The molecule has 10 nitrogen and oxygen atoms in total. The van der Waals surface area contributed by atoms with Crippen molar-refractivity contribution in [2.24, 2.45) is 0 Å². The SMILES string of the molecule is O=C(c1cnccn1)N1C[C@@H]2C[C@@H]1CN2c1nc(Nc2cc(C3CC3)[nH]n2)c2sccc2n1. The molecule has 11 heteroatoms. The van der Waals surface area contributed by atoms with Crippen molar-refractivity contribution >= 4 is 45.0 Å². The summed E-state index contributed by atoms with van der Waals surface area (Å²) in [5, 5.41) is 13.0. The maximum atomic E-state index is 12.9. The van der Waals surface area contributed by atoms with E-state index in [1.807, 2.05) is 16.3 Å². The van der Waals surface area contributed by atoms with E-state index in [4.69, 9.17) is 9.97 Å². The molecule has 0 spiro atoms. The molecule has 1 saturated carbocycles. The van der Waals surface area contributed by atoms with Gasteiger partial charge in [0.25, 0.3) is 5.91 Å². The molecule has 2 N–H and O–H groups in total. The van der Waals surface area contributed by atoms with Crippen molar-refractivity contribution in [2.75, 3.05) is 23.3 Å². The van der Waals surface area contributed by atoms with E-state index in [9.17, 15) is 4.79 Å². The normalized spacial score (nSPS) is 21.8. The van der Waals surface area contributed by atoms with Gasteiger partial charge < -0.3 is 15.1 Å². The first kappa shape index (κ1) is 18.9. The monoisotopic (exact) mass is 459 g/mol. The van der Waals surface area contributed by atoms with Gasteiger partial charge in [0, 0.05) is 43.2 Å². The second kappa shape index (κ2) is 7.20. The topological polar surface area (TPSA) is 116 Å². The van der Waals surface area contributed by atoms with Crippen molar-refractivity contribution in [3.8, 4) is 0 Å². The lowest BCUT2D eigenvalue weighted by atomic mass is 10.2. The molecule has 1 aliphatic carbocycles. The Morgan fingerprint density at radius 1 is 1.18 bits per heavy atom. The van der Waals surface area contributed by atoms with E-state index in [1.165, 1.54) is 24.7 Å². The van der Waals surface area contributed by atoms with Gasteiger partial charge in [0.2, 0.25) is 5.95 Å². The van der Waals surface area contributed by atoms with E-state index >= 15 is 0 Å². The van der Waals surface area contributed by atoms with Crippen LogP contribution in [0.3, 0.4) is 0 Å². The third kappa shape index (κ3) is 3.22. The highest BCUT2D eigenvalue weighted by Crippen LogP contribution is 2.40. The predicted molar refractivity (Wildman–Crippen MR) is 124 cm³/mol. The zero-order valence-electron chi connectivity index (χ0n) is 17.7. The number of aromatic amines is 1. The Kier molecular flexibility index (Phi) is 4.13. The summed E-state index contributed by atoms with van der Waals surface area (Å²) in [5.41, 5.74) is 2.49. The summed E-state index contributed by atoms with van der Waals surface area (Å²) in [6.07, 6.45) is 8.02. The Morgan fingerprint density at radius 2 is 2.12 bits per heavy atom. The maximum absolute atomic E-state index is 12.9. The van der Waals surface area contributed by atoms with Crippen LogP contribution in [0.15, 0.2) is 36.1 Å². The largest absolute Gasteiger partial charge is 0.334 e. The fraction of sp³-hybridized carbons (Fsp3) is 0.364. The van der Waals surface area contributed by atoms with Gasteiger partial charge in [-0.3, -0.25) is 14.9 Å². The molecule has 4 aromatic heterocycles. The number of fused-ring (bicyclic) bond motifs is 3. The molecule has 0 aromatic carbocycles. The molecular weight excluding hydrogens is 438 g/mol. The number of piperazine rings is 1. The van der Waals surface area contributed by atoms with E-state index in [-0.39, 0.29) is 18.0 Å². The minimum absolute atomic E-state index is 0.0585. The number of carbonyl (C=O) groups is 1. The van der Waals surface area contributed by atoms with Gasteiger partial charge in [-0.05, 0) is 30.7 Å². The van der Waals surface area contributed by atoms with Crippen LogP contribution in [0.25, 0.3) is 10.2 Å². The number of nitrogens with one attached hydrogen (secondary N) is 2. The maximum Gasteiger partial charge on any atom is 0.274 e. The molecule has 4 aromatic rings. The molecule has 2 bridgehead atoms. The van der Waals surface area contributed by atoms with E-state index in [1.54, 1.807) is 23.7 Å². The number of anilines is 3. The summed E-state index contributed by atoms with van der Waals surface area (Å²) in [5.74, 6) is 2.80. The van der Waals surface area contributed by atoms with Crippen LogP contribution in [0.1, 0.15) is 41.4 Å². The zero-order chi connectivity index (χ0) is 21.9. The first-order chi connectivity index (χ1) is 16.2. The second-order valence-corrected chi connectivity index (χ2v) is 9.77. The second-order valence-electron chi connectivity index (χ2n) is 8.86. The number of carbonyl (C=O) groups excluding carboxylic acids is 1. The van der Waals surface area contributed by atoms with E-state index < -0.39 is 0 Å². The minimum atomic E-state index is -0.0585. The Bertz CT molecular complexity index is 1350. The highest BCUT2D eigenvalue weighted by Gasteiger charge is 2.46. The molecule has 166 valence electrons. The Hall–Kier alpha value is -3.60. The minimum Gasteiger partial charge on any atom is -0.334 e. The number of hydrogen-bond donors (Lipinski definition) is 2. The summed E-state index contributed by atoms with van der Waals surface area (Å²) < 4.78 is 1.01. The van der Waals surface area contributed by atoms with Crippen LogP contribution < -0.4 is 10.2 Å². The molecule has 2 atom stereocenters. The van der Waals surface area contributed by atoms with Crippen LogP contribution in [0, 0.1) is 0 Å². The van der Waals surface area contributed by atoms with Gasteiger partial charge in [0.1, 0.15) is 5.69 Å². The van der Waals surface area contributed by atoms with Crippen LogP contribution in [0.5, 0.6) is 0 Å². The summed E-state index contributed by atoms with van der Waals surface area (Å²) in [6, 6.07) is 4.41. The van der Waals surface area contributed by atoms with Crippen LogP contribution in [-0.4, -0.2) is 66.1 Å². The standard InChI is InChI=1S/C22H21N9OS/c32-21(17-9-23-4-5-24-17)30-10-14-7-13(30)11-31(14)22-25-15-3-6-33-19(15)20(27-22)26-18-8-16(28-29-18)12-1-2-12/h3-6,8-9,12-14H,1-2,7,10-11H2,(H2,25,26,27,28,29)/t13-,14+/m1/s1. The predicted octanol–water partition coefficient (Wildman–Crippen LogP) is 2.93. The number of thiophene rings is 1. The molecule has 0 unspecified atom stereocenters. The van der Waals surface area contributed by atoms with Crippen molar-refractivity contribution in [1.29, 1.82) is 0 Å². The number of amides is 1. The lowest BCUT2D eigenvalue weighted by Crippen LogP contribution is -2.49. The van der Waals surface area contributed by atoms with Crippen LogP contribution in [0.4, 0.5) is 17.6 Å². The molecule has 6 heterocycles. The van der Waals surface area contributed by atoms with Crippen LogP contribution in [0.2, 0.25) is 0 Å². The van der Waals surface area contributed by atoms with Crippen LogP contribution in [-0.2, 0) is 0 Å². The van der Waals surface area contributed by atoms with Crippen molar-refractivity contribution < 1.29 is 4.79 Å². The Labute approximate surface area is 193 Å². The highest BCUT2D eigenvalue weighted by atomic mass is 32.1. The third-order valence-electron chi connectivity index (χ3n) is 6.69. The average molecular weight is 460 g/mol. The smallest absolute Gasteiger partial charge is 0.274 e. The first-order valence-corrected chi connectivity index (χ1v) is 12.0. The van der Waals surface area contributed by atoms with Crippen molar-refractivity contribution in [2.45, 2.75) is 37.3 Å². The molecular formula is C22H21N9OS. The zero-order valence-corrected chi connectivity index (χ0v) is 18.5. The molecule has 2 saturated heterocycles. The lowest BCUT2D eigenvalue weighted by Gasteiger charge is -2.34. The lowest BCUT2D eigenvalue weighted by molar-refractivity contribution is 0.0718. The Balaban J connectivity index is 1.15. The number of rotatable bonds is 5. The molecule has 33 heavy (non-hydrogen) atoms. The summed E-state index contributed by atoms with van der Waals surface area (Å²) >= 11 is 1.62. The van der Waals surface area contributed by atoms with Crippen LogP contribution >= 0.6 is 11.3 Å². The fourth-order valence-electron chi connectivity index (χ4n) is 4.91. The molecule has 0 radical (unpaired) electrons. The molecule has 2 aliphatic heterocycles. The van der Waals surface area contributed by atoms with E-state index in [0.29, 0.717) is 30.6 Å². The fourth-order valence-corrected chi connectivity index (χ4v) is 5.68. The summed E-state index contributed by atoms with van der Waals surface area (Å²) in [6.45, 7) is 1.35. The van der Waals surface area contributed by atoms with Crippen molar-refractivity contribution in [3.63, 3.8) is 0 Å². The van der Waals surface area contributed by atoms with Gasteiger partial charge in [0.15, 0.2) is 11.6 Å². The van der Waals surface area contributed by atoms with Gasteiger partial charge in [-0.1, -0.05) is 0 Å². The van der Waals surface area contributed by atoms with E-state index in [2.05, 4.69) is 36.4 Å². The first-order valence-electron chi connectivity index (χ1n) is 11.1.